The summed E-state index contributed by atoms with van der Waals surface area (Å²) in [5.41, 5.74) is 1.20. The summed E-state index contributed by atoms with van der Waals surface area (Å²) < 4.78 is 3.16. The predicted molar refractivity (Wildman–Crippen MR) is 87.1 cm³/mol. The van der Waals surface area contributed by atoms with Gasteiger partial charge in [0.05, 0.1) is 0 Å². The predicted octanol–water partition coefficient (Wildman–Crippen LogP) is 4.12. The highest BCUT2D eigenvalue weighted by Gasteiger charge is 2.15. The minimum absolute atomic E-state index is 0.268. The van der Waals surface area contributed by atoms with E-state index in [2.05, 4.69) is 37.7 Å². The molecule has 0 fully saturated rings. The summed E-state index contributed by atoms with van der Waals surface area (Å²) in [7, 11) is 2.03. The smallest absolute Gasteiger partial charge is 0.108 e. The third kappa shape index (κ3) is 3.84. The van der Waals surface area contributed by atoms with Gasteiger partial charge in [0.25, 0.3) is 0 Å². The van der Waals surface area contributed by atoms with E-state index in [0.29, 0.717) is 0 Å². The Bertz CT molecular complexity index is 568. The summed E-state index contributed by atoms with van der Waals surface area (Å²) in [6.07, 6.45) is 5.73. The molecule has 0 saturated carbocycles. The fourth-order valence-electron chi connectivity index (χ4n) is 2.31. The molecular formula is C15H19BrClN3. The summed E-state index contributed by atoms with van der Waals surface area (Å²) in [6, 6.07) is 6.20. The van der Waals surface area contributed by atoms with Crippen molar-refractivity contribution in [3.8, 4) is 0 Å². The molecule has 2 rings (SSSR count). The molecule has 2 aromatic rings. The average Bonchev–Trinajstić information content (AvgIpc) is 2.83. The normalized spacial score (nSPS) is 12.6. The maximum Gasteiger partial charge on any atom is 0.108 e. The van der Waals surface area contributed by atoms with Crippen LogP contribution in [0.5, 0.6) is 0 Å². The van der Waals surface area contributed by atoms with Crippen LogP contribution in [0.2, 0.25) is 5.02 Å². The Labute approximate surface area is 133 Å². The van der Waals surface area contributed by atoms with E-state index in [-0.39, 0.29) is 6.04 Å². The standard InChI is InChI=1S/C15H19BrClN3/c1-3-18-14(6-7-15-19-8-9-20(15)2)12-10-11(17)4-5-13(12)16/h4-5,8-10,14,18H,3,6-7H2,1-2H3. The zero-order valence-electron chi connectivity index (χ0n) is 11.7. The third-order valence-corrected chi connectivity index (χ3v) is 4.32. The van der Waals surface area contributed by atoms with Gasteiger partial charge in [0.2, 0.25) is 0 Å². The number of aryl methyl sites for hydroxylation is 2. The van der Waals surface area contributed by atoms with Crippen LogP contribution in [0.3, 0.4) is 0 Å². The maximum atomic E-state index is 6.12. The molecule has 0 amide bonds. The van der Waals surface area contributed by atoms with E-state index in [1.54, 1.807) is 0 Å². The number of hydrogen-bond donors (Lipinski definition) is 1. The Balaban J connectivity index is 2.14. The van der Waals surface area contributed by atoms with Crippen molar-refractivity contribution in [3.63, 3.8) is 0 Å². The molecule has 1 atom stereocenters. The molecule has 20 heavy (non-hydrogen) atoms. The van der Waals surface area contributed by atoms with Crippen molar-refractivity contribution in [3.05, 3.63) is 51.5 Å². The second kappa shape index (κ2) is 7.25. The van der Waals surface area contributed by atoms with Crippen molar-refractivity contribution in [2.24, 2.45) is 7.05 Å². The lowest BCUT2D eigenvalue weighted by Crippen LogP contribution is -2.22. The van der Waals surface area contributed by atoms with Gasteiger partial charge in [0, 0.05) is 41.4 Å². The third-order valence-electron chi connectivity index (χ3n) is 3.36. The van der Waals surface area contributed by atoms with Gasteiger partial charge >= 0.3 is 0 Å². The van der Waals surface area contributed by atoms with Gasteiger partial charge in [0.1, 0.15) is 5.82 Å². The van der Waals surface area contributed by atoms with Gasteiger partial charge < -0.3 is 9.88 Å². The summed E-state index contributed by atoms with van der Waals surface area (Å²) >= 11 is 9.74. The molecule has 3 nitrogen and oxygen atoms in total. The van der Waals surface area contributed by atoms with Crippen molar-refractivity contribution in [2.75, 3.05) is 6.54 Å². The maximum absolute atomic E-state index is 6.12. The molecule has 0 bridgehead atoms. The van der Waals surface area contributed by atoms with Crippen LogP contribution in [0.25, 0.3) is 0 Å². The number of halogens is 2. The second-order valence-electron chi connectivity index (χ2n) is 4.77. The first-order valence-corrected chi connectivity index (χ1v) is 7.93. The first kappa shape index (κ1) is 15.5. The number of aromatic nitrogens is 2. The number of benzene rings is 1. The van der Waals surface area contributed by atoms with Crippen molar-refractivity contribution in [1.82, 2.24) is 14.9 Å². The molecule has 0 spiro atoms. The zero-order valence-corrected chi connectivity index (χ0v) is 14.1. The number of nitrogens with one attached hydrogen (secondary N) is 1. The monoisotopic (exact) mass is 355 g/mol. The molecule has 0 aliphatic rings. The number of imidazole rings is 1. The van der Waals surface area contributed by atoms with Gasteiger partial charge in [-0.15, -0.1) is 0 Å². The van der Waals surface area contributed by atoms with Crippen LogP contribution in [0.15, 0.2) is 35.1 Å². The topological polar surface area (TPSA) is 29.9 Å². The van der Waals surface area contributed by atoms with E-state index < -0.39 is 0 Å². The van der Waals surface area contributed by atoms with Crippen LogP contribution in [0.1, 0.15) is 30.8 Å². The van der Waals surface area contributed by atoms with Crippen LogP contribution in [-0.4, -0.2) is 16.1 Å². The SMILES string of the molecule is CCNC(CCc1nccn1C)c1cc(Cl)ccc1Br. The van der Waals surface area contributed by atoms with Crippen LogP contribution < -0.4 is 5.32 Å². The van der Waals surface area contributed by atoms with E-state index in [9.17, 15) is 0 Å². The Morgan fingerprint density at radius 1 is 1.45 bits per heavy atom. The van der Waals surface area contributed by atoms with Gasteiger partial charge in [0.15, 0.2) is 0 Å². The number of hydrogen-bond acceptors (Lipinski definition) is 2. The van der Waals surface area contributed by atoms with Crippen LogP contribution in [0.4, 0.5) is 0 Å². The van der Waals surface area contributed by atoms with Crippen molar-refractivity contribution >= 4 is 27.5 Å². The Hall–Kier alpha value is -0.840. The van der Waals surface area contributed by atoms with Crippen molar-refractivity contribution in [2.45, 2.75) is 25.8 Å². The molecule has 0 aliphatic heterocycles. The summed E-state index contributed by atoms with van der Waals surface area (Å²) in [5, 5.41) is 4.29. The number of rotatable bonds is 6. The fraction of sp³-hybridized carbons (Fsp3) is 0.400. The molecule has 1 unspecified atom stereocenters. The van der Waals surface area contributed by atoms with Gasteiger partial charge in [-0.2, -0.15) is 0 Å². The minimum Gasteiger partial charge on any atom is -0.338 e. The number of nitrogens with zero attached hydrogens (tertiary/aromatic N) is 2. The first-order chi connectivity index (χ1) is 9.61. The highest BCUT2D eigenvalue weighted by molar-refractivity contribution is 9.10. The van der Waals surface area contributed by atoms with Gasteiger partial charge in [-0.05, 0) is 36.7 Å². The fourth-order valence-corrected chi connectivity index (χ4v) is 3.01. The van der Waals surface area contributed by atoms with Crippen molar-refractivity contribution in [1.29, 1.82) is 0 Å². The van der Waals surface area contributed by atoms with E-state index in [1.165, 1.54) is 5.56 Å². The lowest BCUT2D eigenvalue weighted by molar-refractivity contribution is 0.504. The largest absolute Gasteiger partial charge is 0.338 e. The van der Waals surface area contributed by atoms with Gasteiger partial charge in [-0.25, -0.2) is 4.98 Å². The van der Waals surface area contributed by atoms with E-state index in [4.69, 9.17) is 11.6 Å². The molecule has 0 aliphatic carbocycles. The Morgan fingerprint density at radius 3 is 2.90 bits per heavy atom. The Kier molecular flexibility index (Phi) is 5.64. The van der Waals surface area contributed by atoms with Crippen LogP contribution >= 0.6 is 27.5 Å². The van der Waals surface area contributed by atoms with Gasteiger partial charge in [-0.1, -0.05) is 34.5 Å². The van der Waals surface area contributed by atoms with Crippen LogP contribution in [0, 0.1) is 0 Å². The first-order valence-electron chi connectivity index (χ1n) is 6.76. The van der Waals surface area contributed by atoms with E-state index >= 15 is 0 Å². The van der Waals surface area contributed by atoms with Gasteiger partial charge in [-0.3, -0.25) is 0 Å². The highest BCUT2D eigenvalue weighted by atomic mass is 79.9. The van der Waals surface area contributed by atoms with E-state index in [1.807, 2.05) is 37.6 Å². The lowest BCUT2D eigenvalue weighted by Gasteiger charge is -2.20. The molecule has 1 aromatic carbocycles. The molecule has 108 valence electrons. The second-order valence-corrected chi connectivity index (χ2v) is 6.06. The molecule has 0 saturated heterocycles. The molecular weight excluding hydrogens is 338 g/mol. The average molecular weight is 357 g/mol. The van der Waals surface area contributed by atoms with E-state index in [0.717, 1.165) is 34.7 Å². The Morgan fingerprint density at radius 2 is 2.25 bits per heavy atom. The lowest BCUT2D eigenvalue weighted by atomic mass is 10.0. The zero-order chi connectivity index (χ0) is 14.5. The molecule has 1 aromatic heterocycles. The summed E-state index contributed by atoms with van der Waals surface area (Å²) in [6.45, 7) is 3.04. The quantitative estimate of drug-likeness (QED) is 0.844. The summed E-state index contributed by atoms with van der Waals surface area (Å²) in [4.78, 5) is 4.38. The van der Waals surface area contributed by atoms with Crippen molar-refractivity contribution < 1.29 is 0 Å². The molecule has 5 heteroatoms. The molecule has 0 radical (unpaired) electrons. The minimum atomic E-state index is 0.268. The molecule has 1 heterocycles. The summed E-state index contributed by atoms with van der Waals surface area (Å²) in [5.74, 6) is 1.10. The highest BCUT2D eigenvalue weighted by Crippen LogP contribution is 2.29. The van der Waals surface area contributed by atoms with Crippen LogP contribution in [-0.2, 0) is 13.5 Å². The molecule has 1 N–H and O–H groups in total.